The number of carbonyl (C=O) groups excluding carboxylic acids is 1. The lowest BCUT2D eigenvalue weighted by Gasteiger charge is -2.39. The van der Waals surface area contributed by atoms with Crippen LogP contribution in [0.25, 0.3) is 0 Å². The predicted octanol–water partition coefficient (Wildman–Crippen LogP) is 4.75. The fourth-order valence-electron chi connectivity index (χ4n) is 3.61. The summed E-state index contributed by atoms with van der Waals surface area (Å²) in [5, 5.41) is 0. The summed E-state index contributed by atoms with van der Waals surface area (Å²) in [5.41, 5.74) is -0.385. The van der Waals surface area contributed by atoms with Gasteiger partial charge in [-0.25, -0.2) is 4.79 Å². The Bertz CT molecular complexity index is 315. The molecule has 1 aliphatic carbocycles. The Morgan fingerprint density at radius 1 is 1.05 bits per heavy atom. The second kappa shape index (κ2) is 6.82. The first-order valence-corrected chi connectivity index (χ1v) is 8.45. The summed E-state index contributed by atoms with van der Waals surface area (Å²) in [7, 11) is 0. The predicted molar refractivity (Wildman–Crippen MR) is 81.8 cm³/mol. The number of rotatable bonds is 2. The highest BCUT2D eigenvalue weighted by molar-refractivity contribution is 5.68. The molecular formula is C17H31NO2. The molecule has 0 N–H and O–H groups in total. The van der Waals surface area contributed by atoms with Crippen LogP contribution in [-0.2, 0) is 4.74 Å². The SMILES string of the molecule is CC(C)(C)OC(=O)N1CCCCC1CC1CCCCC1. The van der Waals surface area contributed by atoms with Crippen molar-refractivity contribution < 1.29 is 9.53 Å². The average Bonchev–Trinajstić information content (AvgIpc) is 2.38. The molecule has 20 heavy (non-hydrogen) atoms. The topological polar surface area (TPSA) is 29.5 Å². The van der Waals surface area contributed by atoms with E-state index < -0.39 is 0 Å². The van der Waals surface area contributed by atoms with E-state index in [1.165, 1.54) is 44.9 Å². The maximum absolute atomic E-state index is 12.4. The quantitative estimate of drug-likeness (QED) is 0.731. The number of hydrogen-bond acceptors (Lipinski definition) is 2. The Kier molecular flexibility index (Phi) is 5.34. The zero-order chi connectivity index (χ0) is 14.6. The minimum atomic E-state index is -0.385. The summed E-state index contributed by atoms with van der Waals surface area (Å²) < 4.78 is 5.58. The molecule has 1 saturated carbocycles. The number of nitrogens with zero attached hydrogens (tertiary/aromatic N) is 1. The average molecular weight is 281 g/mol. The molecule has 0 aromatic rings. The molecule has 1 unspecified atom stereocenters. The number of amides is 1. The maximum Gasteiger partial charge on any atom is 0.410 e. The van der Waals surface area contributed by atoms with E-state index in [9.17, 15) is 4.79 Å². The Hall–Kier alpha value is -0.730. The number of hydrogen-bond donors (Lipinski definition) is 0. The van der Waals surface area contributed by atoms with Crippen molar-refractivity contribution in [2.75, 3.05) is 6.54 Å². The van der Waals surface area contributed by atoms with Crippen molar-refractivity contribution in [3.63, 3.8) is 0 Å². The number of piperidine rings is 1. The molecule has 3 heteroatoms. The van der Waals surface area contributed by atoms with E-state index in [2.05, 4.69) is 0 Å². The third-order valence-electron chi connectivity index (χ3n) is 4.59. The first-order valence-electron chi connectivity index (χ1n) is 8.45. The smallest absolute Gasteiger partial charge is 0.410 e. The Morgan fingerprint density at radius 2 is 1.70 bits per heavy atom. The van der Waals surface area contributed by atoms with Crippen molar-refractivity contribution in [1.29, 1.82) is 0 Å². The zero-order valence-corrected chi connectivity index (χ0v) is 13.5. The first-order chi connectivity index (χ1) is 9.46. The van der Waals surface area contributed by atoms with Crippen LogP contribution in [-0.4, -0.2) is 29.2 Å². The van der Waals surface area contributed by atoms with Crippen molar-refractivity contribution in [2.24, 2.45) is 5.92 Å². The monoisotopic (exact) mass is 281 g/mol. The van der Waals surface area contributed by atoms with Crippen LogP contribution in [0.3, 0.4) is 0 Å². The molecule has 0 radical (unpaired) electrons. The van der Waals surface area contributed by atoms with E-state index in [1.807, 2.05) is 25.7 Å². The molecule has 2 rings (SSSR count). The van der Waals surface area contributed by atoms with Gasteiger partial charge in [-0.15, -0.1) is 0 Å². The molecule has 1 aliphatic heterocycles. The summed E-state index contributed by atoms with van der Waals surface area (Å²) in [6.45, 7) is 6.73. The maximum atomic E-state index is 12.4. The molecule has 1 saturated heterocycles. The summed E-state index contributed by atoms with van der Waals surface area (Å²) in [5.74, 6) is 0.830. The standard InChI is InChI=1S/C17H31NO2/c1-17(2,3)20-16(19)18-12-8-7-11-15(18)13-14-9-5-4-6-10-14/h14-15H,4-13H2,1-3H3. The van der Waals surface area contributed by atoms with Crippen LogP contribution in [0.15, 0.2) is 0 Å². The van der Waals surface area contributed by atoms with Crippen LogP contribution in [0.1, 0.15) is 78.6 Å². The second-order valence-electron chi connectivity index (χ2n) is 7.56. The van der Waals surface area contributed by atoms with Crippen LogP contribution >= 0.6 is 0 Å². The Morgan fingerprint density at radius 3 is 2.35 bits per heavy atom. The van der Waals surface area contributed by atoms with Gasteiger partial charge in [-0.2, -0.15) is 0 Å². The molecule has 2 fully saturated rings. The van der Waals surface area contributed by atoms with Gasteiger partial charge < -0.3 is 9.64 Å². The van der Waals surface area contributed by atoms with Gasteiger partial charge in [0.2, 0.25) is 0 Å². The van der Waals surface area contributed by atoms with Crippen LogP contribution in [0.5, 0.6) is 0 Å². The highest BCUT2D eigenvalue weighted by atomic mass is 16.6. The minimum absolute atomic E-state index is 0.0991. The molecule has 0 spiro atoms. The van der Waals surface area contributed by atoms with Crippen LogP contribution < -0.4 is 0 Å². The van der Waals surface area contributed by atoms with Crippen molar-refractivity contribution in [3.05, 3.63) is 0 Å². The molecule has 116 valence electrons. The molecule has 1 heterocycles. The molecule has 0 aromatic heterocycles. The zero-order valence-electron chi connectivity index (χ0n) is 13.5. The van der Waals surface area contributed by atoms with Gasteiger partial charge in [0.15, 0.2) is 0 Å². The highest BCUT2D eigenvalue weighted by Gasteiger charge is 2.32. The van der Waals surface area contributed by atoms with Crippen LogP contribution in [0.4, 0.5) is 4.79 Å². The van der Waals surface area contributed by atoms with Crippen LogP contribution in [0.2, 0.25) is 0 Å². The van der Waals surface area contributed by atoms with E-state index in [0.717, 1.165) is 25.3 Å². The number of ether oxygens (including phenoxy) is 1. The van der Waals surface area contributed by atoms with E-state index >= 15 is 0 Å². The van der Waals surface area contributed by atoms with Gasteiger partial charge in [0.25, 0.3) is 0 Å². The lowest BCUT2D eigenvalue weighted by molar-refractivity contribution is 0.00612. The molecular weight excluding hydrogens is 250 g/mol. The molecule has 0 aromatic carbocycles. The van der Waals surface area contributed by atoms with Gasteiger partial charge >= 0.3 is 6.09 Å². The lowest BCUT2D eigenvalue weighted by atomic mass is 9.82. The fraction of sp³-hybridized carbons (Fsp3) is 0.941. The first kappa shape index (κ1) is 15.7. The third-order valence-corrected chi connectivity index (χ3v) is 4.59. The van der Waals surface area contributed by atoms with Gasteiger partial charge in [-0.3, -0.25) is 0 Å². The van der Waals surface area contributed by atoms with E-state index in [-0.39, 0.29) is 11.7 Å². The van der Waals surface area contributed by atoms with Gasteiger partial charge in [0.05, 0.1) is 0 Å². The highest BCUT2D eigenvalue weighted by Crippen LogP contribution is 2.32. The fourth-order valence-corrected chi connectivity index (χ4v) is 3.61. The second-order valence-corrected chi connectivity index (χ2v) is 7.56. The van der Waals surface area contributed by atoms with Gasteiger partial charge in [0, 0.05) is 12.6 Å². The van der Waals surface area contributed by atoms with Gasteiger partial charge in [-0.05, 0) is 52.4 Å². The summed E-state index contributed by atoms with van der Waals surface area (Å²) in [4.78, 5) is 14.4. The largest absolute Gasteiger partial charge is 0.444 e. The van der Waals surface area contributed by atoms with Crippen molar-refractivity contribution in [3.8, 4) is 0 Å². The normalized spacial score (nSPS) is 25.6. The molecule has 2 aliphatic rings. The van der Waals surface area contributed by atoms with Gasteiger partial charge in [0.1, 0.15) is 5.60 Å². The molecule has 3 nitrogen and oxygen atoms in total. The Labute approximate surface area is 124 Å². The number of carbonyl (C=O) groups is 1. The summed E-state index contributed by atoms with van der Waals surface area (Å²) in [6, 6.07) is 0.418. The van der Waals surface area contributed by atoms with Crippen molar-refractivity contribution in [1.82, 2.24) is 4.90 Å². The van der Waals surface area contributed by atoms with Crippen LogP contribution in [0, 0.1) is 5.92 Å². The molecule has 0 bridgehead atoms. The Balaban J connectivity index is 1.92. The third kappa shape index (κ3) is 4.68. The van der Waals surface area contributed by atoms with Crippen molar-refractivity contribution >= 4 is 6.09 Å². The molecule has 1 amide bonds. The molecule has 1 atom stereocenters. The lowest BCUT2D eigenvalue weighted by Crippen LogP contribution is -2.46. The number of likely N-dealkylation sites (tertiary alicyclic amines) is 1. The van der Waals surface area contributed by atoms with E-state index in [0.29, 0.717) is 6.04 Å². The summed E-state index contributed by atoms with van der Waals surface area (Å²) in [6.07, 6.45) is 11.5. The van der Waals surface area contributed by atoms with E-state index in [1.54, 1.807) is 0 Å². The van der Waals surface area contributed by atoms with E-state index in [4.69, 9.17) is 4.74 Å². The van der Waals surface area contributed by atoms with Gasteiger partial charge in [-0.1, -0.05) is 32.1 Å². The minimum Gasteiger partial charge on any atom is -0.444 e. The van der Waals surface area contributed by atoms with Crippen molar-refractivity contribution in [2.45, 2.75) is 90.2 Å². The summed E-state index contributed by atoms with van der Waals surface area (Å²) >= 11 is 0.